The summed E-state index contributed by atoms with van der Waals surface area (Å²) < 4.78 is 65.3. The molecule has 1 amide bonds. The molecule has 0 saturated carbocycles. The predicted molar refractivity (Wildman–Crippen MR) is 99.5 cm³/mol. The van der Waals surface area contributed by atoms with Crippen LogP contribution in [-0.4, -0.2) is 62.4 Å². The van der Waals surface area contributed by atoms with E-state index in [1.54, 1.807) is 45.0 Å². The molecule has 1 aromatic rings. The largest absolute Gasteiger partial charge is 0.444 e. The molecule has 2 atom stereocenters. The van der Waals surface area contributed by atoms with Crippen LogP contribution in [0.15, 0.2) is 30.3 Å². The quantitative estimate of drug-likeness (QED) is 0.764. The molecule has 0 bridgehead atoms. The molecule has 1 fully saturated rings. The average molecular weight is 420 g/mol. The molecule has 2 rings (SSSR count). The van der Waals surface area contributed by atoms with E-state index in [9.17, 15) is 22.0 Å². The Morgan fingerprint density at radius 1 is 1.29 bits per heavy atom. The van der Waals surface area contributed by atoms with Crippen molar-refractivity contribution in [3.8, 4) is 0 Å². The molecule has 1 aliphatic rings. The molecule has 158 valence electrons. The number of ether oxygens (including phenoxy) is 2. The molecular weight excluding hydrogens is 394 g/mol. The summed E-state index contributed by atoms with van der Waals surface area (Å²) in [6, 6.07) is 5.55. The summed E-state index contributed by atoms with van der Waals surface area (Å²) >= 11 is 0. The predicted octanol–water partition coefficient (Wildman–Crippen LogP) is 2.38. The molecule has 0 unspecified atom stereocenters. The number of sulfonamides is 1. The first-order valence-electron chi connectivity index (χ1n) is 8.76. The number of carbonyl (C=O) groups is 1. The van der Waals surface area contributed by atoms with Gasteiger partial charge in [-0.25, -0.2) is 26.7 Å². The monoisotopic (exact) mass is 420 g/mol. The lowest BCUT2D eigenvalue weighted by Gasteiger charge is -2.30. The van der Waals surface area contributed by atoms with Crippen molar-refractivity contribution in [2.24, 2.45) is 0 Å². The van der Waals surface area contributed by atoms with Crippen LogP contribution in [0.1, 0.15) is 26.3 Å². The Kier molecular flexibility index (Phi) is 6.67. The van der Waals surface area contributed by atoms with Crippen LogP contribution in [0.5, 0.6) is 0 Å². The number of nitrogens with one attached hydrogen (secondary N) is 1. The van der Waals surface area contributed by atoms with Crippen molar-refractivity contribution in [3.63, 3.8) is 0 Å². The van der Waals surface area contributed by atoms with E-state index in [4.69, 9.17) is 9.47 Å². The Bertz CT molecular complexity index is 781. The zero-order valence-corrected chi connectivity index (χ0v) is 17.1. The van der Waals surface area contributed by atoms with Crippen LogP contribution in [0.4, 0.5) is 13.6 Å². The number of carbonyl (C=O) groups excluding carboxylic acids is 1. The van der Waals surface area contributed by atoms with Gasteiger partial charge in [0.05, 0.1) is 19.5 Å². The molecule has 1 saturated heterocycles. The van der Waals surface area contributed by atoms with Crippen LogP contribution in [0.25, 0.3) is 0 Å². The van der Waals surface area contributed by atoms with Crippen molar-refractivity contribution in [3.05, 3.63) is 35.9 Å². The summed E-state index contributed by atoms with van der Waals surface area (Å²) in [5, 5.41) is 0. The smallest absolute Gasteiger partial charge is 0.410 e. The summed E-state index contributed by atoms with van der Waals surface area (Å²) in [6.45, 7) is 3.95. The molecule has 1 aliphatic heterocycles. The van der Waals surface area contributed by atoms with Gasteiger partial charge in [-0.3, -0.25) is 4.90 Å². The third-order valence-corrected chi connectivity index (χ3v) is 4.75. The van der Waals surface area contributed by atoms with Crippen LogP contribution in [0, 0.1) is 0 Å². The molecule has 10 heteroatoms. The molecule has 1 aromatic carbocycles. The van der Waals surface area contributed by atoms with Gasteiger partial charge in [0.1, 0.15) is 17.7 Å². The molecule has 1 N–H and O–H groups in total. The van der Waals surface area contributed by atoms with Crippen molar-refractivity contribution in [2.45, 2.75) is 51.0 Å². The van der Waals surface area contributed by atoms with Gasteiger partial charge in [0.15, 0.2) is 0 Å². The summed E-state index contributed by atoms with van der Waals surface area (Å²) in [6.07, 6.45) is -0.154. The fourth-order valence-corrected chi connectivity index (χ4v) is 3.59. The maximum Gasteiger partial charge on any atom is 0.410 e. The Hall–Kier alpha value is -1.78. The number of hydrogen-bond donors (Lipinski definition) is 1. The Labute approximate surface area is 164 Å². The number of benzene rings is 1. The second-order valence-electron chi connectivity index (χ2n) is 7.77. The third-order valence-electron chi connectivity index (χ3n) is 4.04. The van der Waals surface area contributed by atoms with Crippen LogP contribution in [0.2, 0.25) is 0 Å². The van der Waals surface area contributed by atoms with Crippen LogP contribution in [-0.2, 0) is 26.1 Å². The van der Waals surface area contributed by atoms with Gasteiger partial charge in [0, 0.05) is 6.54 Å². The van der Waals surface area contributed by atoms with E-state index in [-0.39, 0.29) is 6.61 Å². The molecule has 28 heavy (non-hydrogen) atoms. The first kappa shape index (κ1) is 22.5. The maximum atomic E-state index is 14.9. The van der Waals surface area contributed by atoms with Gasteiger partial charge in [-0.15, -0.1) is 0 Å². The van der Waals surface area contributed by atoms with Crippen molar-refractivity contribution < 1.29 is 31.5 Å². The highest BCUT2D eigenvalue weighted by atomic mass is 32.2. The first-order valence-corrected chi connectivity index (χ1v) is 10.6. The molecule has 7 nitrogen and oxygen atoms in total. The number of rotatable bonds is 6. The Balaban J connectivity index is 2.17. The Morgan fingerprint density at radius 2 is 1.89 bits per heavy atom. The summed E-state index contributed by atoms with van der Waals surface area (Å²) in [5.74, 6) is -3.53. The second kappa shape index (κ2) is 8.30. The van der Waals surface area contributed by atoms with E-state index in [1.807, 2.05) is 10.8 Å². The zero-order chi connectivity index (χ0) is 21.2. The standard InChI is InChI=1S/C18H26F2N2O5S/c1-17(2,3)27-16(23)22-10-14(21-28(4,24)25)18(19,20)15(22)12-26-11-13-8-6-5-7-9-13/h5-9,14-15,21H,10-12H2,1-4H3/t14-,15-/m1/s1. The fraction of sp³-hybridized carbons (Fsp3) is 0.611. The van der Waals surface area contributed by atoms with E-state index in [1.165, 1.54) is 0 Å². The van der Waals surface area contributed by atoms with E-state index in [0.717, 1.165) is 16.7 Å². The summed E-state index contributed by atoms with van der Waals surface area (Å²) in [4.78, 5) is 13.3. The lowest BCUT2D eigenvalue weighted by molar-refractivity contribution is -0.0784. The zero-order valence-electron chi connectivity index (χ0n) is 16.3. The molecule has 0 aromatic heterocycles. The molecule has 0 radical (unpaired) electrons. The Morgan fingerprint density at radius 3 is 2.43 bits per heavy atom. The minimum atomic E-state index is -3.90. The van der Waals surface area contributed by atoms with E-state index in [0.29, 0.717) is 0 Å². The molecule has 0 aliphatic carbocycles. The van der Waals surface area contributed by atoms with Gasteiger partial charge in [0.2, 0.25) is 10.0 Å². The van der Waals surface area contributed by atoms with Crippen LogP contribution < -0.4 is 4.72 Å². The van der Waals surface area contributed by atoms with Crippen LogP contribution >= 0.6 is 0 Å². The van der Waals surface area contributed by atoms with Crippen molar-refractivity contribution in [1.82, 2.24) is 9.62 Å². The van der Waals surface area contributed by atoms with Crippen LogP contribution in [0.3, 0.4) is 0 Å². The highest BCUT2D eigenvalue weighted by molar-refractivity contribution is 7.88. The topological polar surface area (TPSA) is 84.9 Å². The van der Waals surface area contributed by atoms with Gasteiger partial charge in [-0.05, 0) is 26.3 Å². The van der Waals surface area contributed by atoms with Crippen molar-refractivity contribution in [2.75, 3.05) is 19.4 Å². The molecular formula is C18H26F2N2O5S. The minimum absolute atomic E-state index is 0.0831. The van der Waals surface area contributed by atoms with Gasteiger partial charge < -0.3 is 9.47 Å². The summed E-state index contributed by atoms with van der Waals surface area (Å²) in [5.41, 5.74) is -0.0945. The van der Waals surface area contributed by atoms with E-state index < -0.39 is 52.9 Å². The van der Waals surface area contributed by atoms with Crippen molar-refractivity contribution >= 4 is 16.1 Å². The third kappa shape index (κ3) is 6.11. The normalized spacial score (nSPS) is 22.3. The first-order chi connectivity index (χ1) is 12.8. The number of hydrogen-bond acceptors (Lipinski definition) is 5. The van der Waals surface area contributed by atoms with Crippen molar-refractivity contribution in [1.29, 1.82) is 0 Å². The highest BCUT2D eigenvalue weighted by Gasteiger charge is 2.59. The molecule has 1 heterocycles. The number of likely N-dealkylation sites (tertiary alicyclic amines) is 1. The molecule has 0 spiro atoms. The number of halogens is 2. The van der Waals surface area contributed by atoms with E-state index in [2.05, 4.69) is 0 Å². The second-order valence-corrected chi connectivity index (χ2v) is 9.55. The average Bonchev–Trinajstić information content (AvgIpc) is 2.77. The fourth-order valence-electron chi connectivity index (χ4n) is 2.85. The highest BCUT2D eigenvalue weighted by Crippen LogP contribution is 2.36. The minimum Gasteiger partial charge on any atom is -0.444 e. The van der Waals surface area contributed by atoms with E-state index >= 15 is 0 Å². The lowest BCUT2D eigenvalue weighted by Crippen LogP contribution is -2.51. The van der Waals surface area contributed by atoms with Gasteiger partial charge in [-0.2, -0.15) is 0 Å². The number of nitrogens with zero attached hydrogens (tertiary/aromatic N) is 1. The summed E-state index contributed by atoms with van der Waals surface area (Å²) in [7, 11) is -3.90. The number of amides is 1. The van der Waals surface area contributed by atoms with Gasteiger partial charge >= 0.3 is 6.09 Å². The number of alkyl halides is 2. The maximum absolute atomic E-state index is 14.9. The lowest BCUT2D eigenvalue weighted by atomic mass is 10.1. The SMILES string of the molecule is CC(C)(C)OC(=O)N1C[C@@H](NS(C)(=O)=O)C(F)(F)[C@H]1COCc1ccccc1. The van der Waals surface area contributed by atoms with Gasteiger partial charge in [-0.1, -0.05) is 30.3 Å². The van der Waals surface area contributed by atoms with Gasteiger partial charge in [0.25, 0.3) is 5.92 Å².